The quantitative estimate of drug-likeness (QED) is 0.727. The Morgan fingerprint density at radius 2 is 1.48 bits per heavy atom. The molecule has 0 heterocycles. The van der Waals surface area contributed by atoms with Gasteiger partial charge in [0.05, 0.1) is 46.3 Å². The van der Waals surface area contributed by atoms with Crippen LogP contribution in [0.2, 0.25) is 0 Å². The lowest BCUT2D eigenvalue weighted by atomic mass is 10.1. The van der Waals surface area contributed by atoms with E-state index in [1.54, 1.807) is 12.1 Å². The molecule has 0 saturated heterocycles. The molecule has 0 aliphatic rings. The van der Waals surface area contributed by atoms with E-state index in [9.17, 15) is 4.79 Å². The van der Waals surface area contributed by atoms with Crippen LogP contribution < -0.4 is 14.2 Å². The smallest absolute Gasteiger partial charge is 0.254 e. The molecule has 0 aliphatic carbocycles. The van der Waals surface area contributed by atoms with Gasteiger partial charge in [-0.3, -0.25) is 4.79 Å². The van der Waals surface area contributed by atoms with Gasteiger partial charge >= 0.3 is 0 Å². The average Bonchev–Trinajstić information content (AvgIpc) is 2.59. The summed E-state index contributed by atoms with van der Waals surface area (Å²) in [5, 5.41) is 17.4. The molecule has 0 aliphatic heterocycles. The number of hydrogen-bond donors (Lipinski definition) is 0. The van der Waals surface area contributed by atoms with E-state index in [4.69, 9.17) is 24.7 Å². The highest BCUT2D eigenvalue weighted by Crippen LogP contribution is 2.38. The van der Waals surface area contributed by atoms with Gasteiger partial charge in [0.1, 0.15) is 0 Å². The number of nitrogens with zero attached hydrogens (tertiary/aromatic N) is 3. The van der Waals surface area contributed by atoms with Crippen LogP contribution in [0.4, 0.5) is 0 Å². The lowest BCUT2D eigenvalue weighted by molar-refractivity contribution is 0.0761. The van der Waals surface area contributed by atoms with E-state index in [1.807, 2.05) is 12.1 Å². The van der Waals surface area contributed by atoms with Crippen LogP contribution in [0.25, 0.3) is 0 Å². The fourth-order valence-electron chi connectivity index (χ4n) is 2.07. The molecular formula is C16H19N3O4. The van der Waals surface area contributed by atoms with Gasteiger partial charge in [-0.05, 0) is 12.1 Å². The van der Waals surface area contributed by atoms with Gasteiger partial charge in [-0.25, -0.2) is 0 Å². The van der Waals surface area contributed by atoms with Crippen LogP contribution in [0.5, 0.6) is 17.2 Å². The number of methoxy groups -OCH3 is 3. The maximum atomic E-state index is 12.6. The highest BCUT2D eigenvalue weighted by molar-refractivity contribution is 5.95. The van der Waals surface area contributed by atoms with Gasteiger partial charge in [0.15, 0.2) is 11.5 Å². The Hall–Kier alpha value is -2.93. The summed E-state index contributed by atoms with van der Waals surface area (Å²) in [5.41, 5.74) is 0.343. The van der Waals surface area contributed by atoms with Crippen molar-refractivity contribution in [2.75, 3.05) is 34.4 Å². The third-order valence-electron chi connectivity index (χ3n) is 3.19. The summed E-state index contributed by atoms with van der Waals surface area (Å²) in [7, 11) is 4.41. The Morgan fingerprint density at radius 1 is 1.00 bits per heavy atom. The predicted molar refractivity (Wildman–Crippen MR) is 82.5 cm³/mol. The van der Waals surface area contributed by atoms with Crippen LogP contribution >= 0.6 is 0 Å². The minimum atomic E-state index is -0.297. The first-order valence-corrected chi connectivity index (χ1v) is 6.96. The lowest BCUT2D eigenvalue weighted by Crippen LogP contribution is -2.32. The molecule has 0 fully saturated rings. The van der Waals surface area contributed by atoms with Crippen molar-refractivity contribution in [2.24, 2.45) is 0 Å². The van der Waals surface area contributed by atoms with Crippen molar-refractivity contribution in [1.29, 1.82) is 10.5 Å². The number of carbonyl (C=O) groups is 1. The molecule has 1 aromatic carbocycles. The van der Waals surface area contributed by atoms with E-state index < -0.39 is 0 Å². The summed E-state index contributed by atoms with van der Waals surface area (Å²) in [4.78, 5) is 14.1. The van der Waals surface area contributed by atoms with Gasteiger partial charge in [-0.1, -0.05) is 0 Å². The second-order valence-corrected chi connectivity index (χ2v) is 4.52. The molecule has 0 atom stereocenters. The SMILES string of the molecule is COc1cc(C(=O)N(CCC#N)CCC#N)cc(OC)c1OC. The second-order valence-electron chi connectivity index (χ2n) is 4.52. The molecule has 0 aromatic heterocycles. The summed E-state index contributed by atoms with van der Waals surface area (Å²) in [6.07, 6.45) is 0.392. The molecule has 0 spiro atoms. The zero-order valence-corrected chi connectivity index (χ0v) is 13.5. The fourth-order valence-corrected chi connectivity index (χ4v) is 2.07. The maximum absolute atomic E-state index is 12.6. The van der Waals surface area contributed by atoms with Gasteiger partial charge in [0, 0.05) is 18.7 Å². The number of amides is 1. The Bertz CT molecular complexity index is 588. The van der Waals surface area contributed by atoms with E-state index >= 15 is 0 Å². The number of hydrogen-bond acceptors (Lipinski definition) is 6. The minimum absolute atomic E-state index is 0.196. The number of carbonyl (C=O) groups excluding carboxylic acids is 1. The van der Waals surface area contributed by atoms with E-state index in [-0.39, 0.29) is 31.8 Å². The number of nitriles is 2. The van der Waals surface area contributed by atoms with Crippen LogP contribution in [-0.2, 0) is 0 Å². The monoisotopic (exact) mass is 317 g/mol. The molecular weight excluding hydrogens is 298 g/mol. The standard InChI is InChI=1S/C16H19N3O4/c1-21-13-10-12(11-14(22-2)15(13)23-3)16(20)19(8-4-6-17)9-5-7-18/h10-11H,4-5,8-9H2,1-3H3. The molecule has 1 aromatic rings. The van der Waals surface area contributed by atoms with Crippen molar-refractivity contribution < 1.29 is 19.0 Å². The number of rotatable bonds is 8. The molecule has 7 heteroatoms. The minimum Gasteiger partial charge on any atom is -0.493 e. The molecule has 0 saturated carbocycles. The number of ether oxygens (including phenoxy) is 3. The topological polar surface area (TPSA) is 95.6 Å². The third kappa shape index (κ3) is 4.52. The van der Waals surface area contributed by atoms with Gasteiger partial charge in [0.2, 0.25) is 5.75 Å². The van der Waals surface area contributed by atoms with Crippen molar-refractivity contribution >= 4 is 5.91 Å². The summed E-state index contributed by atoms with van der Waals surface area (Å²) in [6, 6.07) is 7.10. The van der Waals surface area contributed by atoms with E-state index in [0.29, 0.717) is 22.8 Å². The van der Waals surface area contributed by atoms with Crippen molar-refractivity contribution in [1.82, 2.24) is 4.90 Å². The Kier molecular flexibility index (Phi) is 7.22. The largest absolute Gasteiger partial charge is 0.493 e. The first kappa shape index (κ1) is 18.1. The van der Waals surface area contributed by atoms with Crippen LogP contribution in [0.3, 0.4) is 0 Å². The zero-order valence-electron chi connectivity index (χ0n) is 13.5. The van der Waals surface area contributed by atoms with Crippen molar-refractivity contribution in [3.8, 4) is 29.4 Å². The zero-order chi connectivity index (χ0) is 17.2. The van der Waals surface area contributed by atoms with Gasteiger partial charge < -0.3 is 19.1 Å². The highest BCUT2D eigenvalue weighted by Gasteiger charge is 2.20. The first-order valence-electron chi connectivity index (χ1n) is 6.96. The highest BCUT2D eigenvalue weighted by atomic mass is 16.5. The van der Waals surface area contributed by atoms with Gasteiger partial charge in [-0.2, -0.15) is 10.5 Å². The molecule has 0 unspecified atom stereocenters. The molecule has 1 rings (SSSR count). The Morgan fingerprint density at radius 3 is 1.83 bits per heavy atom. The summed E-state index contributed by atoms with van der Waals surface area (Å²) >= 11 is 0. The third-order valence-corrected chi connectivity index (χ3v) is 3.19. The summed E-state index contributed by atoms with van der Waals surface area (Å²) < 4.78 is 15.7. The van der Waals surface area contributed by atoms with E-state index in [1.165, 1.54) is 26.2 Å². The fraction of sp³-hybridized carbons (Fsp3) is 0.438. The van der Waals surface area contributed by atoms with Crippen molar-refractivity contribution in [3.05, 3.63) is 17.7 Å². The summed E-state index contributed by atoms with van der Waals surface area (Å²) in [6.45, 7) is 0.515. The lowest BCUT2D eigenvalue weighted by Gasteiger charge is -2.21. The second kappa shape index (κ2) is 9.16. The number of benzene rings is 1. The van der Waals surface area contributed by atoms with Crippen LogP contribution in [0.15, 0.2) is 12.1 Å². The molecule has 1 amide bonds. The Labute approximate surface area is 135 Å². The molecule has 0 bridgehead atoms. The molecule has 0 radical (unpaired) electrons. The average molecular weight is 317 g/mol. The van der Waals surface area contributed by atoms with Crippen LogP contribution in [-0.4, -0.2) is 45.2 Å². The van der Waals surface area contributed by atoms with Gasteiger partial charge in [-0.15, -0.1) is 0 Å². The predicted octanol–water partition coefficient (Wildman–Crippen LogP) is 1.98. The van der Waals surface area contributed by atoms with E-state index in [2.05, 4.69) is 0 Å². The Balaban J connectivity index is 3.18. The molecule has 23 heavy (non-hydrogen) atoms. The molecule has 7 nitrogen and oxygen atoms in total. The molecule has 0 N–H and O–H groups in total. The maximum Gasteiger partial charge on any atom is 0.254 e. The van der Waals surface area contributed by atoms with Crippen molar-refractivity contribution in [2.45, 2.75) is 12.8 Å². The first-order chi connectivity index (χ1) is 11.1. The van der Waals surface area contributed by atoms with Crippen molar-refractivity contribution in [3.63, 3.8) is 0 Å². The van der Waals surface area contributed by atoms with Gasteiger partial charge in [0.25, 0.3) is 5.91 Å². The van der Waals surface area contributed by atoms with E-state index in [0.717, 1.165) is 0 Å². The van der Waals surface area contributed by atoms with Crippen LogP contribution in [0.1, 0.15) is 23.2 Å². The molecule has 122 valence electrons. The summed E-state index contributed by atoms with van der Waals surface area (Å²) in [5.74, 6) is 0.841. The normalized spacial score (nSPS) is 9.43. The van der Waals surface area contributed by atoms with Crippen LogP contribution in [0, 0.1) is 22.7 Å².